The van der Waals surface area contributed by atoms with E-state index in [2.05, 4.69) is 30.2 Å². The van der Waals surface area contributed by atoms with Crippen molar-refractivity contribution in [3.05, 3.63) is 96.7 Å². The van der Waals surface area contributed by atoms with E-state index in [1.807, 2.05) is 44.2 Å². The number of carbonyl (C=O) groups excluding carboxylic acids is 3. The number of hydrogen-bond acceptors (Lipinski definition) is 8. The average molecular weight is 774 g/mol. The van der Waals surface area contributed by atoms with Crippen molar-refractivity contribution in [2.45, 2.75) is 96.4 Å². The predicted octanol–water partition coefficient (Wildman–Crippen LogP) is 8.57. The minimum absolute atomic E-state index is 0.0721. The molecule has 290 valence electrons. The molecule has 0 N–H and O–H groups in total. The fourth-order valence-corrected chi connectivity index (χ4v) is 11.4. The van der Waals surface area contributed by atoms with Crippen molar-refractivity contribution in [3.8, 4) is 0 Å². The van der Waals surface area contributed by atoms with Crippen molar-refractivity contribution in [1.29, 1.82) is 0 Å². The molecule has 0 fully saturated rings. The predicted molar refractivity (Wildman–Crippen MR) is 217 cm³/mol. The zero-order chi connectivity index (χ0) is 39.5. The molecule has 1 aromatic heterocycles. The normalized spacial score (nSPS) is 12.7. The Bertz CT molecular complexity index is 1970. The van der Waals surface area contributed by atoms with Gasteiger partial charge in [0.05, 0.1) is 36.3 Å². The van der Waals surface area contributed by atoms with Crippen LogP contribution in [0.3, 0.4) is 0 Å². The molecule has 10 nitrogen and oxygen atoms in total. The molecule has 1 atom stereocenters. The fraction of sp³-hybridized carbons (Fsp3) is 0.429. The number of nitrogens with zero attached hydrogens (tertiary/aromatic N) is 3. The van der Waals surface area contributed by atoms with Gasteiger partial charge in [0.1, 0.15) is 5.60 Å². The molecule has 4 rings (SSSR count). The van der Waals surface area contributed by atoms with Gasteiger partial charge in [0.25, 0.3) is 0 Å². The standard InChI is InChI=1S/C42H55N3O7SSi/c1-8-27-44(28-9-2)53(49,50)35-24-22-34(23-25-35)40(47)51-29-15-16-32(31-54(6,7)36-19-11-10-12-20-36)30-38(46)45(41(48)52-42(3,4)5)37-21-13-17-33-18-14-26-43-39(33)37/h10-14,17-26,32H,8-9,15-16,27-31H2,1-7H3. The Morgan fingerprint density at radius 3 is 2.13 bits per heavy atom. The second-order valence-electron chi connectivity index (χ2n) is 15.3. The van der Waals surface area contributed by atoms with Gasteiger partial charge in [-0.25, -0.2) is 22.9 Å². The van der Waals surface area contributed by atoms with Crippen LogP contribution in [0, 0.1) is 5.92 Å². The van der Waals surface area contributed by atoms with Crippen molar-refractivity contribution in [2.24, 2.45) is 5.92 Å². The van der Waals surface area contributed by atoms with Gasteiger partial charge in [-0.05, 0) is 88.8 Å². The Kier molecular flexibility index (Phi) is 14.7. The molecule has 0 aliphatic heterocycles. The molecule has 0 aliphatic rings. The fourth-order valence-electron chi connectivity index (χ4n) is 6.64. The minimum Gasteiger partial charge on any atom is -0.462 e. The molecular weight excluding hydrogens is 719 g/mol. The van der Waals surface area contributed by atoms with Gasteiger partial charge in [0.2, 0.25) is 15.9 Å². The molecule has 4 aromatic rings. The summed E-state index contributed by atoms with van der Waals surface area (Å²) in [6, 6.07) is 26.0. The van der Waals surface area contributed by atoms with E-state index in [1.165, 1.54) is 33.8 Å². The maximum atomic E-state index is 14.4. The van der Waals surface area contributed by atoms with Gasteiger partial charge in [-0.1, -0.05) is 86.7 Å². The van der Waals surface area contributed by atoms with Crippen molar-refractivity contribution < 1.29 is 32.3 Å². The Labute approximate surface area is 321 Å². The Hall–Kier alpha value is -4.39. The van der Waals surface area contributed by atoms with Crippen LogP contribution in [0.1, 0.15) is 77.1 Å². The number of amides is 2. The van der Waals surface area contributed by atoms with Gasteiger partial charge in [0.15, 0.2) is 0 Å². The third-order valence-corrected chi connectivity index (χ3v) is 14.6. The van der Waals surface area contributed by atoms with Crippen LogP contribution in [-0.2, 0) is 24.3 Å². The number of para-hydroxylation sites is 1. The van der Waals surface area contributed by atoms with Crippen LogP contribution in [0.4, 0.5) is 10.5 Å². The molecule has 3 aromatic carbocycles. The number of rotatable bonds is 17. The number of hydrogen-bond donors (Lipinski definition) is 0. The quantitative estimate of drug-likeness (QED) is 0.0594. The first-order chi connectivity index (χ1) is 25.6. The zero-order valence-corrected chi connectivity index (χ0v) is 34.5. The van der Waals surface area contributed by atoms with Crippen molar-refractivity contribution >= 4 is 57.8 Å². The molecule has 2 amide bonds. The number of carbonyl (C=O) groups is 3. The van der Waals surface area contributed by atoms with E-state index in [0.717, 1.165) is 16.3 Å². The second kappa shape index (κ2) is 18.8. The first-order valence-corrected chi connectivity index (χ1v) is 23.4. The lowest BCUT2D eigenvalue weighted by Crippen LogP contribution is -2.45. The van der Waals surface area contributed by atoms with E-state index in [-0.39, 0.29) is 29.4 Å². The number of ether oxygens (including phenoxy) is 2. The maximum absolute atomic E-state index is 14.4. The number of sulfonamides is 1. The van der Waals surface area contributed by atoms with Gasteiger partial charge < -0.3 is 9.47 Å². The third kappa shape index (κ3) is 11.3. The van der Waals surface area contributed by atoms with Crippen LogP contribution in [-0.4, -0.2) is 69.0 Å². The molecule has 0 saturated heterocycles. The van der Waals surface area contributed by atoms with Crippen molar-refractivity contribution in [3.63, 3.8) is 0 Å². The Balaban J connectivity index is 1.52. The lowest BCUT2D eigenvalue weighted by Gasteiger charge is -2.31. The summed E-state index contributed by atoms with van der Waals surface area (Å²) in [6.45, 7) is 14.7. The van der Waals surface area contributed by atoms with Crippen LogP contribution in [0.5, 0.6) is 0 Å². The van der Waals surface area contributed by atoms with Gasteiger partial charge in [0, 0.05) is 31.1 Å². The number of benzene rings is 3. The van der Waals surface area contributed by atoms with E-state index in [1.54, 1.807) is 45.2 Å². The summed E-state index contributed by atoms with van der Waals surface area (Å²) in [6.07, 6.45) is 3.40. The second-order valence-corrected chi connectivity index (χ2v) is 22.0. The summed E-state index contributed by atoms with van der Waals surface area (Å²) < 4.78 is 39.2. The molecule has 0 saturated carbocycles. The largest absolute Gasteiger partial charge is 0.462 e. The van der Waals surface area contributed by atoms with Crippen molar-refractivity contribution in [2.75, 3.05) is 24.6 Å². The Morgan fingerprint density at radius 2 is 1.50 bits per heavy atom. The lowest BCUT2D eigenvalue weighted by atomic mass is 10.0. The zero-order valence-electron chi connectivity index (χ0n) is 32.7. The van der Waals surface area contributed by atoms with Gasteiger partial charge in [-0.15, -0.1) is 0 Å². The van der Waals surface area contributed by atoms with E-state index >= 15 is 0 Å². The van der Waals surface area contributed by atoms with E-state index in [0.29, 0.717) is 50.0 Å². The molecule has 12 heteroatoms. The molecular formula is C42H55N3O7SSi. The Morgan fingerprint density at radius 1 is 0.852 bits per heavy atom. The van der Waals surface area contributed by atoms with Crippen LogP contribution in [0.15, 0.2) is 96.0 Å². The van der Waals surface area contributed by atoms with Gasteiger partial charge >= 0.3 is 12.1 Å². The minimum atomic E-state index is -3.67. The average Bonchev–Trinajstić information content (AvgIpc) is 3.13. The number of anilines is 1. The third-order valence-electron chi connectivity index (χ3n) is 9.16. The van der Waals surface area contributed by atoms with Gasteiger partial charge in [-0.3, -0.25) is 9.78 Å². The SMILES string of the molecule is CCCN(CCC)S(=O)(=O)c1ccc(C(=O)OCCCC(CC(=O)N(C(=O)OC(C)(C)C)c2cccc3cccnc23)C[Si](C)(C)c2ccccc2)cc1. The van der Waals surface area contributed by atoms with Crippen molar-refractivity contribution in [1.82, 2.24) is 9.29 Å². The molecule has 54 heavy (non-hydrogen) atoms. The van der Waals surface area contributed by atoms with Crippen LogP contribution >= 0.6 is 0 Å². The van der Waals surface area contributed by atoms with E-state index < -0.39 is 41.7 Å². The monoisotopic (exact) mass is 773 g/mol. The van der Waals surface area contributed by atoms with Crippen LogP contribution in [0.2, 0.25) is 19.1 Å². The highest BCUT2D eigenvalue weighted by atomic mass is 32.2. The summed E-state index contributed by atoms with van der Waals surface area (Å²) >= 11 is 0. The van der Waals surface area contributed by atoms with E-state index in [4.69, 9.17) is 9.47 Å². The molecule has 1 unspecified atom stereocenters. The summed E-state index contributed by atoms with van der Waals surface area (Å²) in [5, 5.41) is 2.05. The highest BCUT2D eigenvalue weighted by molar-refractivity contribution is 7.89. The molecule has 0 spiro atoms. The summed E-state index contributed by atoms with van der Waals surface area (Å²) in [7, 11) is -5.74. The summed E-state index contributed by atoms with van der Waals surface area (Å²) in [5.74, 6) is -1.08. The first kappa shape index (κ1) is 42.3. The van der Waals surface area contributed by atoms with Gasteiger partial charge in [-0.2, -0.15) is 4.31 Å². The smallest absolute Gasteiger partial charge is 0.421 e. The van der Waals surface area contributed by atoms with Crippen LogP contribution < -0.4 is 10.1 Å². The summed E-state index contributed by atoms with van der Waals surface area (Å²) in [5.41, 5.74) is 0.305. The van der Waals surface area contributed by atoms with E-state index in [9.17, 15) is 22.8 Å². The van der Waals surface area contributed by atoms with Crippen LogP contribution in [0.25, 0.3) is 10.9 Å². The molecule has 0 aliphatic carbocycles. The first-order valence-electron chi connectivity index (χ1n) is 18.8. The lowest BCUT2D eigenvalue weighted by molar-refractivity contribution is -0.119. The maximum Gasteiger partial charge on any atom is 0.421 e. The molecule has 0 bridgehead atoms. The number of aromatic nitrogens is 1. The number of pyridine rings is 1. The molecule has 0 radical (unpaired) electrons. The number of esters is 1. The number of imide groups is 1. The summed E-state index contributed by atoms with van der Waals surface area (Å²) in [4.78, 5) is 46.9. The topological polar surface area (TPSA) is 123 Å². The highest BCUT2D eigenvalue weighted by Gasteiger charge is 2.34. The number of fused-ring (bicyclic) bond motifs is 1. The highest BCUT2D eigenvalue weighted by Crippen LogP contribution is 2.31. The molecule has 1 heterocycles.